The molecular weight excluding hydrogens is 513 g/mol. The molecule has 0 saturated heterocycles. The maximum Gasteiger partial charge on any atom is 0.407 e. The highest BCUT2D eigenvalue weighted by Gasteiger charge is 2.20. The molecule has 1 amide bonds. The van der Waals surface area contributed by atoms with Crippen LogP contribution in [0.4, 0.5) is 27.9 Å². The van der Waals surface area contributed by atoms with Crippen molar-refractivity contribution in [2.45, 2.75) is 6.42 Å². The fraction of sp³-hybridized carbons (Fsp3) is 0.200. The molecule has 190 valence electrons. The van der Waals surface area contributed by atoms with Gasteiger partial charge >= 0.3 is 6.09 Å². The lowest BCUT2D eigenvalue weighted by Gasteiger charge is -2.23. The number of rotatable bonds is 6. The molecule has 4 aromatic rings. The van der Waals surface area contributed by atoms with Crippen LogP contribution in [-0.4, -0.2) is 62.7 Å². The molecule has 0 unspecified atom stereocenters. The Bertz CT molecular complexity index is 1580. The van der Waals surface area contributed by atoms with E-state index in [1.54, 1.807) is 13.3 Å². The fourth-order valence-corrected chi connectivity index (χ4v) is 5.51. The predicted octanol–water partition coefficient (Wildman–Crippen LogP) is 5.51. The second-order valence-corrected chi connectivity index (χ2v) is 12.6. The van der Waals surface area contributed by atoms with E-state index in [4.69, 9.17) is 11.6 Å². The number of amides is 1. The summed E-state index contributed by atoms with van der Waals surface area (Å²) in [6.45, 7) is 4.19. The highest BCUT2D eigenvalue weighted by molar-refractivity contribution is 7.70. The lowest BCUT2D eigenvalue weighted by molar-refractivity contribution is 0.150. The van der Waals surface area contributed by atoms with E-state index < -0.39 is 13.2 Å². The Balaban J connectivity index is 1.41. The quantitative estimate of drug-likeness (QED) is 0.236. The van der Waals surface area contributed by atoms with E-state index in [1.165, 1.54) is 11.1 Å². The zero-order valence-corrected chi connectivity index (χ0v) is 21.8. The lowest BCUT2D eigenvalue weighted by Crippen LogP contribution is -2.33. The first-order valence-corrected chi connectivity index (χ1v) is 14.5. The van der Waals surface area contributed by atoms with Gasteiger partial charge in [-0.15, -0.1) is 0 Å². The molecule has 1 aliphatic rings. The first-order chi connectivity index (χ1) is 17.7. The first-order valence-electron chi connectivity index (χ1n) is 11.6. The molecular formula is C25H25ClN7O3P. The Kier molecular flexibility index (Phi) is 6.62. The van der Waals surface area contributed by atoms with E-state index in [0.717, 1.165) is 27.9 Å². The van der Waals surface area contributed by atoms with Gasteiger partial charge in [0.15, 0.2) is 5.82 Å². The van der Waals surface area contributed by atoms with Crippen molar-refractivity contribution in [1.82, 2.24) is 25.1 Å². The molecule has 0 saturated carbocycles. The van der Waals surface area contributed by atoms with Crippen LogP contribution in [0.5, 0.6) is 0 Å². The molecule has 1 aliphatic heterocycles. The van der Waals surface area contributed by atoms with Gasteiger partial charge in [0.2, 0.25) is 5.95 Å². The third-order valence-corrected chi connectivity index (χ3v) is 7.91. The minimum Gasteiger partial charge on any atom is -0.465 e. The summed E-state index contributed by atoms with van der Waals surface area (Å²) in [6.07, 6.45) is 3.06. The summed E-state index contributed by atoms with van der Waals surface area (Å²) in [5.74, 6) is 0.722. The summed E-state index contributed by atoms with van der Waals surface area (Å²) in [5.41, 5.74) is 4.08. The molecule has 0 spiro atoms. The van der Waals surface area contributed by atoms with Crippen molar-refractivity contribution in [2.75, 3.05) is 37.1 Å². The number of H-pyrrole nitrogens is 1. The molecule has 0 bridgehead atoms. The Morgan fingerprint density at radius 1 is 1.19 bits per heavy atom. The lowest BCUT2D eigenvalue weighted by atomic mass is 10.0. The molecule has 5 rings (SSSR count). The number of aromatic amines is 1. The molecule has 4 N–H and O–H groups in total. The predicted molar refractivity (Wildman–Crippen MR) is 147 cm³/mol. The van der Waals surface area contributed by atoms with E-state index in [2.05, 4.69) is 30.8 Å². The van der Waals surface area contributed by atoms with Crippen molar-refractivity contribution in [3.63, 3.8) is 0 Å². The molecule has 2 aromatic carbocycles. The number of carbonyl (C=O) groups is 1. The van der Waals surface area contributed by atoms with Crippen LogP contribution in [0.15, 0.2) is 54.7 Å². The summed E-state index contributed by atoms with van der Waals surface area (Å²) < 4.78 is 12.7. The number of aromatic nitrogens is 4. The number of benzene rings is 2. The van der Waals surface area contributed by atoms with Gasteiger partial charge in [0.05, 0.1) is 23.1 Å². The minimum atomic E-state index is -2.53. The number of nitrogens with one attached hydrogen (secondary N) is 3. The second-order valence-electron chi connectivity index (χ2n) is 9.05. The Morgan fingerprint density at radius 3 is 2.73 bits per heavy atom. The monoisotopic (exact) mass is 537 g/mol. The smallest absolute Gasteiger partial charge is 0.407 e. The van der Waals surface area contributed by atoms with Crippen molar-refractivity contribution in [1.29, 1.82) is 0 Å². The molecule has 12 heteroatoms. The molecule has 37 heavy (non-hydrogen) atoms. The second kappa shape index (κ2) is 9.88. The molecule has 0 radical (unpaired) electrons. The maximum absolute atomic E-state index is 12.7. The van der Waals surface area contributed by atoms with Crippen LogP contribution < -0.4 is 15.9 Å². The van der Waals surface area contributed by atoms with E-state index in [9.17, 15) is 14.5 Å². The van der Waals surface area contributed by atoms with Crippen LogP contribution in [0.1, 0.15) is 12.1 Å². The summed E-state index contributed by atoms with van der Waals surface area (Å²) >= 11 is 6.37. The van der Waals surface area contributed by atoms with Gasteiger partial charge in [0.25, 0.3) is 0 Å². The average molecular weight is 538 g/mol. The average Bonchev–Trinajstić information content (AvgIpc) is 3.29. The summed E-state index contributed by atoms with van der Waals surface area (Å²) in [4.78, 5) is 21.4. The van der Waals surface area contributed by atoms with E-state index in [1.807, 2.05) is 48.5 Å². The number of carboxylic acid groups (broad SMARTS) is 1. The normalized spacial score (nSPS) is 13.9. The van der Waals surface area contributed by atoms with Crippen LogP contribution in [-0.2, 0) is 4.57 Å². The van der Waals surface area contributed by atoms with Gasteiger partial charge < -0.3 is 25.2 Å². The van der Waals surface area contributed by atoms with Crippen LogP contribution in [0.2, 0.25) is 5.02 Å². The third kappa shape index (κ3) is 5.30. The molecule has 0 atom stereocenters. The van der Waals surface area contributed by atoms with E-state index in [-0.39, 0.29) is 0 Å². The zero-order chi connectivity index (χ0) is 26.2. The largest absolute Gasteiger partial charge is 0.465 e. The Labute approximate surface area is 218 Å². The van der Waals surface area contributed by atoms with Crippen LogP contribution in [0.25, 0.3) is 16.5 Å². The van der Waals surface area contributed by atoms with Crippen molar-refractivity contribution >= 4 is 69.8 Å². The Morgan fingerprint density at radius 2 is 2.00 bits per heavy atom. The van der Waals surface area contributed by atoms with Gasteiger partial charge in [0, 0.05) is 29.5 Å². The number of nitrogens with zero attached hydrogens (tertiary/aromatic N) is 4. The van der Waals surface area contributed by atoms with Gasteiger partial charge in [-0.2, -0.15) is 10.1 Å². The topological polar surface area (TPSA) is 136 Å². The van der Waals surface area contributed by atoms with Crippen molar-refractivity contribution < 1.29 is 14.5 Å². The van der Waals surface area contributed by atoms with Crippen LogP contribution in [0, 0.1) is 0 Å². The zero-order valence-electron chi connectivity index (χ0n) is 20.2. The highest BCUT2D eigenvalue weighted by atomic mass is 35.5. The molecule has 0 fully saturated rings. The maximum atomic E-state index is 12.7. The summed E-state index contributed by atoms with van der Waals surface area (Å²) in [7, 11) is -2.53. The number of hydrogen-bond donors (Lipinski definition) is 4. The summed E-state index contributed by atoms with van der Waals surface area (Å²) in [6, 6.07) is 13.1. The van der Waals surface area contributed by atoms with E-state index in [0.29, 0.717) is 47.3 Å². The highest BCUT2D eigenvalue weighted by Crippen LogP contribution is 2.38. The van der Waals surface area contributed by atoms with Gasteiger partial charge in [-0.1, -0.05) is 29.8 Å². The van der Waals surface area contributed by atoms with Crippen LogP contribution in [0.3, 0.4) is 0 Å². The fourth-order valence-electron chi connectivity index (χ4n) is 4.22. The summed E-state index contributed by atoms with van der Waals surface area (Å²) in [5, 5.41) is 25.1. The van der Waals surface area contributed by atoms with E-state index >= 15 is 0 Å². The van der Waals surface area contributed by atoms with Gasteiger partial charge in [0.1, 0.15) is 12.2 Å². The first kappa shape index (κ1) is 24.8. The SMILES string of the molecule is CP(C)(=O)c1ccccc1Nc1nc(Nc2ccc3[nH]nc(C4=CCN(C(=O)O)CC4)c3c2)ncc1Cl. The van der Waals surface area contributed by atoms with Gasteiger partial charge in [-0.25, -0.2) is 9.78 Å². The van der Waals surface area contributed by atoms with Gasteiger partial charge in [-0.3, -0.25) is 5.10 Å². The number of para-hydroxylation sites is 1. The molecule has 2 aromatic heterocycles. The van der Waals surface area contributed by atoms with Crippen molar-refractivity contribution in [3.05, 3.63) is 65.5 Å². The third-order valence-electron chi connectivity index (χ3n) is 6.08. The van der Waals surface area contributed by atoms with Crippen LogP contribution >= 0.6 is 18.7 Å². The number of hydrogen-bond acceptors (Lipinski definition) is 7. The number of anilines is 4. The minimum absolute atomic E-state index is 0.328. The van der Waals surface area contributed by atoms with Crippen molar-refractivity contribution in [2.24, 2.45) is 0 Å². The number of halogens is 1. The Hall–Kier alpha value is -3.88. The molecule has 3 heterocycles. The van der Waals surface area contributed by atoms with Crippen molar-refractivity contribution in [3.8, 4) is 0 Å². The molecule has 10 nitrogen and oxygen atoms in total. The number of fused-ring (bicyclic) bond motifs is 1. The van der Waals surface area contributed by atoms with Gasteiger partial charge in [-0.05, 0) is 55.7 Å². The molecule has 0 aliphatic carbocycles. The standard InChI is InChI=1S/C25H25ClN7O3P/c1-37(2,36)21-6-4-3-5-20(21)29-23-18(26)14-27-24(30-23)28-16-7-8-19-17(13-16)22(32-31-19)15-9-11-33(12-10-15)25(34)35/h3-9,13-14H,10-12H2,1-2H3,(H,31,32)(H,34,35)(H2,27,28,29,30).